The second-order valence-corrected chi connectivity index (χ2v) is 11.7. The van der Waals surface area contributed by atoms with Gasteiger partial charge in [-0.05, 0) is 94.2 Å². The maximum Gasteiger partial charge on any atom is 0.337 e. The predicted molar refractivity (Wildman–Crippen MR) is 143 cm³/mol. The highest BCUT2D eigenvalue weighted by atomic mass is 16.5. The van der Waals surface area contributed by atoms with E-state index in [1.54, 1.807) is 0 Å². The molecule has 1 saturated carbocycles. The molecule has 0 amide bonds. The Kier molecular flexibility index (Phi) is 7.73. The minimum atomic E-state index is -1.00. The van der Waals surface area contributed by atoms with Gasteiger partial charge in [-0.15, -0.1) is 0 Å². The minimum Gasteiger partial charge on any atom is -0.479 e. The fourth-order valence-electron chi connectivity index (χ4n) is 6.19. The lowest BCUT2D eigenvalue weighted by Gasteiger charge is -2.38. The maximum absolute atomic E-state index is 12.6. The summed E-state index contributed by atoms with van der Waals surface area (Å²) in [7, 11) is 0. The first-order valence-corrected chi connectivity index (χ1v) is 13.4. The maximum atomic E-state index is 12.6. The Morgan fingerprint density at radius 2 is 1.60 bits per heavy atom. The minimum absolute atomic E-state index is 0.569. The van der Waals surface area contributed by atoms with Crippen LogP contribution in [0.5, 0.6) is 0 Å². The van der Waals surface area contributed by atoms with E-state index in [4.69, 9.17) is 4.74 Å². The predicted octanol–water partition coefficient (Wildman–Crippen LogP) is 7.30. The highest BCUT2D eigenvalue weighted by molar-refractivity contribution is 5.84. The molecule has 1 aliphatic heterocycles. The number of rotatable bonds is 5. The fraction of sp³-hybridized carbons (Fsp3) is 0.581. The average Bonchev–Trinajstić information content (AvgIpc) is 3.09. The van der Waals surface area contributed by atoms with Crippen LogP contribution in [0.2, 0.25) is 0 Å². The van der Waals surface area contributed by atoms with Gasteiger partial charge in [-0.2, -0.15) is 0 Å². The molecular weight excluding hydrogens is 434 g/mol. The first-order chi connectivity index (χ1) is 16.6. The highest BCUT2D eigenvalue weighted by Crippen LogP contribution is 2.43. The van der Waals surface area contributed by atoms with Crippen LogP contribution in [0.15, 0.2) is 24.3 Å². The van der Waals surface area contributed by atoms with Crippen molar-refractivity contribution >= 4 is 5.97 Å². The van der Waals surface area contributed by atoms with Gasteiger partial charge in [0.1, 0.15) is 0 Å². The van der Waals surface area contributed by atoms with Crippen molar-refractivity contribution in [1.82, 2.24) is 4.90 Å². The van der Waals surface area contributed by atoms with E-state index >= 15 is 0 Å². The van der Waals surface area contributed by atoms with E-state index in [9.17, 15) is 9.90 Å². The Hall–Kier alpha value is -2.17. The second-order valence-electron chi connectivity index (χ2n) is 11.7. The van der Waals surface area contributed by atoms with Crippen LogP contribution in [0.25, 0.3) is 11.1 Å². The van der Waals surface area contributed by atoms with E-state index in [0.717, 1.165) is 41.8 Å². The number of aryl methyl sites for hydroxylation is 1. The Morgan fingerprint density at radius 1 is 0.971 bits per heavy atom. The summed E-state index contributed by atoms with van der Waals surface area (Å²) in [4.78, 5) is 15.3. The van der Waals surface area contributed by atoms with Crippen LogP contribution in [-0.4, -0.2) is 34.2 Å². The van der Waals surface area contributed by atoms with Crippen molar-refractivity contribution in [3.8, 4) is 11.1 Å². The average molecular weight is 478 g/mol. The van der Waals surface area contributed by atoms with Crippen LogP contribution in [-0.2, 0) is 22.5 Å². The van der Waals surface area contributed by atoms with E-state index < -0.39 is 17.7 Å². The second kappa shape index (κ2) is 10.4. The van der Waals surface area contributed by atoms with Gasteiger partial charge in [0.15, 0.2) is 6.10 Å². The van der Waals surface area contributed by atoms with Crippen molar-refractivity contribution in [1.29, 1.82) is 0 Å². The molecule has 0 bridgehead atoms. The Labute approximate surface area is 211 Å². The summed E-state index contributed by atoms with van der Waals surface area (Å²) >= 11 is 0. The molecule has 4 rings (SSSR count). The molecule has 4 heteroatoms. The lowest BCUT2D eigenvalue weighted by molar-refractivity contribution is -0.160. The molecule has 1 heterocycles. The molecule has 0 saturated heterocycles. The number of carboxylic acids is 1. The van der Waals surface area contributed by atoms with E-state index in [1.807, 2.05) is 20.8 Å². The molecule has 2 aromatic rings. The Morgan fingerprint density at radius 3 is 2.17 bits per heavy atom. The molecule has 0 aromatic heterocycles. The Bertz CT molecular complexity index is 1060. The van der Waals surface area contributed by atoms with Gasteiger partial charge in [0, 0.05) is 24.7 Å². The largest absolute Gasteiger partial charge is 0.479 e. The van der Waals surface area contributed by atoms with Crippen molar-refractivity contribution in [2.24, 2.45) is 0 Å². The van der Waals surface area contributed by atoms with E-state index in [-0.39, 0.29) is 0 Å². The topological polar surface area (TPSA) is 49.8 Å². The SMILES string of the molecule is Cc1ccc(-c2c(C)c3c(c(C)c2[C@H](OC(C)(C)C)C(=O)O)CCN(C2CCCCCC2)C3)cc1. The van der Waals surface area contributed by atoms with Crippen molar-refractivity contribution in [3.05, 3.63) is 57.6 Å². The smallest absolute Gasteiger partial charge is 0.337 e. The van der Waals surface area contributed by atoms with Gasteiger partial charge in [0.25, 0.3) is 0 Å². The number of hydrogen-bond acceptors (Lipinski definition) is 3. The summed E-state index contributed by atoms with van der Waals surface area (Å²) in [6.07, 6.45) is 7.98. The van der Waals surface area contributed by atoms with Crippen molar-refractivity contribution in [2.45, 2.75) is 111 Å². The fourth-order valence-corrected chi connectivity index (χ4v) is 6.19. The number of benzene rings is 2. The number of nitrogens with zero attached hydrogens (tertiary/aromatic N) is 1. The summed E-state index contributed by atoms with van der Waals surface area (Å²) in [5, 5.41) is 10.3. The number of carboxylic acid groups (broad SMARTS) is 1. The molecule has 2 aliphatic rings. The van der Waals surface area contributed by atoms with Crippen molar-refractivity contribution < 1.29 is 14.6 Å². The van der Waals surface area contributed by atoms with Crippen LogP contribution >= 0.6 is 0 Å². The zero-order valence-corrected chi connectivity index (χ0v) is 22.5. The molecule has 0 radical (unpaired) electrons. The first-order valence-electron chi connectivity index (χ1n) is 13.4. The molecule has 4 nitrogen and oxygen atoms in total. The summed E-state index contributed by atoms with van der Waals surface area (Å²) in [5.74, 6) is -0.924. The van der Waals surface area contributed by atoms with Crippen LogP contribution in [0.1, 0.15) is 98.8 Å². The standard InChI is InChI=1S/C31H43NO3/c1-20-13-15-23(16-14-20)27-22(3)26-19-32(24-11-9-7-8-10-12-24)18-17-25(26)21(2)28(27)29(30(33)34)35-31(4,5)6/h13-16,24,29H,7-12,17-19H2,1-6H3,(H,33,34)/t29-/m0/s1. The molecule has 1 atom stereocenters. The molecular formula is C31H43NO3. The van der Waals surface area contributed by atoms with Gasteiger partial charge in [-0.3, -0.25) is 4.90 Å². The molecule has 2 aromatic carbocycles. The zero-order valence-electron chi connectivity index (χ0n) is 22.5. The lowest BCUT2D eigenvalue weighted by atomic mass is 9.79. The molecule has 1 N–H and O–H groups in total. The van der Waals surface area contributed by atoms with Crippen LogP contribution in [0, 0.1) is 20.8 Å². The lowest BCUT2D eigenvalue weighted by Crippen LogP contribution is -2.40. The quantitative estimate of drug-likeness (QED) is 0.459. The summed E-state index contributed by atoms with van der Waals surface area (Å²) in [6.45, 7) is 14.2. The van der Waals surface area contributed by atoms with Gasteiger partial charge in [-0.1, -0.05) is 55.5 Å². The molecule has 1 aliphatic carbocycles. The molecule has 0 unspecified atom stereocenters. The van der Waals surface area contributed by atoms with Crippen molar-refractivity contribution in [2.75, 3.05) is 6.54 Å². The third-order valence-electron chi connectivity index (χ3n) is 7.97. The van der Waals surface area contributed by atoms with Gasteiger partial charge < -0.3 is 9.84 Å². The van der Waals surface area contributed by atoms with Gasteiger partial charge >= 0.3 is 5.97 Å². The van der Waals surface area contributed by atoms with Gasteiger partial charge in [-0.25, -0.2) is 4.79 Å². The van der Waals surface area contributed by atoms with E-state index in [0.29, 0.717) is 6.04 Å². The third kappa shape index (κ3) is 5.65. The summed E-state index contributed by atoms with van der Waals surface area (Å²) in [6, 6.07) is 9.17. The molecule has 0 spiro atoms. The van der Waals surface area contributed by atoms with Gasteiger partial charge in [0.2, 0.25) is 0 Å². The number of hydrogen-bond donors (Lipinski definition) is 1. The van der Waals surface area contributed by atoms with Crippen molar-refractivity contribution in [3.63, 3.8) is 0 Å². The highest BCUT2D eigenvalue weighted by Gasteiger charge is 2.35. The summed E-state index contributed by atoms with van der Waals surface area (Å²) < 4.78 is 6.22. The monoisotopic (exact) mass is 477 g/mol. The number of ether oxygens (including phenoxy) is 1. The van der Waals surface area contributed by atoms with Crippen LogP contribution < -0.4 is 0 Å². The normalized spacial score (nSPS) is 18.7. The van der Waals surface area contributed by atoms with E-state index in [2.05, 4.69) is 49.9 Å². The summed E-state index contributed by atoms with van der Waals surface area (Å²) in [5.41, 5.74) is 8.62. The Balaban J connectivity index is 1.87. The first kappa shape index (κ1) is 25.9. The number of aliphatic carboxylic acids is 1. The third-order valence-corrected chi connectivity index (χ3v) is 7.97. The van der Waals surface area contributed by atoms with Gasteiger partial charge in [0.05, 0.1) is 5.60 Å². The molecule has 35 heavy (non-hydrogen) atoms. The van der Waals surface area contributed by atoms with Crippen LogP contribution in [0.4, 0.5) is 0 Å². The van der Waals surface area contributed by atoms with Crippen LogP contribution in [0.3, 0.4) is 0 Å². The number of carbonyl (C=O) groups is 1. The van der Waals surface area contributed by atoms with E-state index in [1.165, 1.54) is 60.8 Å². The number of fused-ring (bicyclic) bond motifs is 1. The zero-order chi connectivity index (χ0) is 25.3. The molecule has 190 valence electrons. The molecule has 1 fully saturated rings.